The molecule has 7 nitrogen and oxygen atoms in total. The average Bonchev–Trinajstić information content (AvgIpc) is 2.99. The smallest absolute Gasteiger partial charge is 0.283 e. The van der Waals surface area contributed by atoms with Crippen molar-refractivity contribution in [2.45, 2.75) is 39.2 Å². The highest BCUT2D eigenvalue weighted by molar-refractivity contribution is 5.80. The summed E-state index contributed by atoms with van der Waals surface area (Å²) in [5.41, 5.74) is 0.873. The zero-order chi connectivity index (χ0) is 18.1. The van der Waals surface area contributed by atoms with Crippen LogP contribution in [0.3, 0.4) is 0 Å². The first-order valence-electron chi connectivity index (χ1n) is 8.92. The van der Waals surface area contributed by atoms with Gasteiger partial charge in [-0.2, -0.15) is 4.68 Å². The largest absolute Gasteiger partial charge is 0.312 e. The molecular formula is C19H21N5O2. The maximum Gasteiger partial charge on any atom is 0.283 e. The molecule has 0 spiro atoms. The average molecular weight is 351 g/mol. The van der Waals surface area contributed by atoms with E-state index < -0.39 is 0 Å². The van der Waals surface area contributed by atoms with E-state index in [1.165, 1.54) is 10.7 Å². The SMILES string of the molecule is Cc1c2c(=O)n(-c3ncccn3)[nH]c2cc(=O)n1CCC1CC=CCC1. The van der Waals surface area contributed by atoms with Crippen LogP contribution in [0.2, 0.25) is 0 Å². The number of nitrogens with zero attached hydrogens (tertiary/aromatic N) is 4. The molecule has 7 heteroatoms. The van der Waals surface area contributed by atoms with Crippen molar-refractivity contribution >= 4 is 10.9 Å². The number of fused-ring (bicyclic) bond motifs is 1. The maximum atomic E-state index is 12.8. The molecule has 3 aromatic heterocycles. The van der Waals surface area contributed by atoms with Gasteiger partial charge in [0.1, 0.15) is 0 Å². The van der Waals surface area contributed by atoms with E-state index in [1.807, 2.05) is 6.92 Å². The van der Waals surface area contributed by atoms with E-state index >= 15 is 0 Å². The lowest BCUT2D eigenvalue weighted by Gasteiger charge is -2.19. The lowest BCUT2D eigenvalue weighted by Crippen LogP contribution is -2.24. The predicted octanol–water partition coefficient (Wildman–Crippen LogP) is 2.33. The minimum atomic E-state index is -0.238. The molecule has 0 aliphatic heterocycles. The molecule has 1 aliphatic carbocycles. The molecule has 0 radical (unpaired) electrons. The van der Waals surface area contributed by atoms with Gasteiger partial charge in [0, 0.05) is 30.7 Å². The van der Waals surface area contributed by atoms with Crippen LogP contribution in [0.5, 0.6) is 0 Å². The quantitative estimate of drug-likeness (QED) is 0.731. The number of pyridine rings is 1. The minimum absolute atomic E-state index is 0.0938. The van der Waals surface area contributed by atoms with E-state index in [0.717, 1.165) is 25.7 Å². The first-order chi connectivity index (χ1) is 12.6. The second-order valence-corrected chi connectivity index (χ2v) is 6.75. The minimum Gasteiger partial charge on any atom is -0.312 e. The zero-order valence-electron chi connectivity index (χ0n) is 14.7. The summed E-state index contributed by atoms with van der Waals surface area (Å²) < 4.78 is 3.00. The van der Waals surface area contributed by atoms with E-state index in [9.17, 15) is 9.59 Å². The van der Waals surface area contributed by atoms with Crippen LogP contribution in [0.15, 0.2) is 46.3 Å². The van der Waals surface area contributed by atoms with Gasteiger partial charge in [0.2, 0.25) is 0 Å². The summed E-state index contributed by atoms with van der Waals surface area (Å²) in [4.78, 5) is 33.6. The van der Waals surface area contributed by atoms with E-state index in [2.05, 4.69) is 27.2 Å². The molecule has 4 rings (SSSR count). The Hall–Kier alpha value is -2.96. The number of allylic oxidation sites excluding steroid dienone is 2. The van der Waals surface area contributed by atoms with Gasteiger partial charge < -0.3 is 4.57 Å². The summed E-state index contributed by atoms with van der Waals surface area (Å²) >= 11 is 0. The molecule has 134 valence electrons. The molecule has 0 amide bonds. The van der Waals surface area contributed by atoms with Crippen molar-refractivity contribution in [2.24, 2.45) is 5.92 Å². The summed E-state index contributed by atoms with van der Waals surface area (Å²) in [7, 11) is 0. The molecule has 0 aromatic carbocycles. The van der Waals surface area contributed by atoms with Crippen LogP contribution in [0.1, 0.15) is 31.4 Å². The molecule has 0 saturated heterocycles. The normalized spacial score (nSPS) is 17.0. The van der Waals surface area contributed by atoms with Crippen molar-refractivity contribution in [3.05, 3.63) is 63.1 Å². The first kappa shape index (κ1) is 16.5. The Kier molecular flexibility index (Phi) is 4.28. The number of H-pyrrole nitrogens is 1. The molecule has 0 saturated carbocycles. The molecule has 3 heterocycles. The monoisotopic (exact) mass is 351 g/mol. The highest BCUT2D eigenvalue weighted by Gasteiger charge is 2.17. The standard InChI is InChI=1S/C19H21N5O2/c1-13-17-15(22-24(18(17)26)19-20-9-5-10-21-19)12-16(25)23(13)11-8-14-6-3-2-4-7-14/h2-3,5,9-10,12,14,22H,4,6-8,11H2,1H3. The Morgan fingerprint density at radius 1 is 1.23 bits per heavy atom. The van der Waals surface area contributed by atoms with Crippen molar-refractivity contribution in [3.63, 3.8) is 0 Å². The zero-order valence-corrected chi connectivity index (χ0v) is 14.7. The van der Waals surface area contributed by atoms with Gasteiger partial charge in [0.25, 0.3) is 17.1 Å². The van der Waals surface area contributed by atoms with Gasteiger partial charge in [0.05, 0.1) is 10.9 Å². The van der Waals surface area contributed by atoms with Crippen molar-refractivity contribution in [1.29, 1.82) is 0 Å². The number of nitrogens with one attached hydrogen (secondary N) is 1. The second kappa shape index (κ2) is 6.74. The fraction of sp³-hybridized carbons (Fsp3) is 0.368. The summed E-state index contributed by atoms with van der Waals surface area (Å²) in [6.07, 6.45) is 11.9. The maximum absolute atomic E-state index is 12.8. The molecule has 0 fully saturated rings. The van der Waals surface area contributed by atoms with Crippen LogP contribution < -0.4 is 11.1 Å². The Bertz CT molecular complexity index is 1070. The van der Waals surface area contributed by atoms with Crippen LogP contribution in [-0.2, 0) is 6.54 Å². The first-order valence-corrected chi connectivity index (χ1v) is 8.92. The van der Waals surface area contributed by atoms with Gasteiger partial charge in [-0.15, -0.1) is 0 Å². The Labute approximate surface area is 150 Å². The number of rotatable bonds is 4. The van der Waals surface area contributed by atoms with Crippen LogP contribution in [-0.4, -0.2) is 24.3 Å². The van der Waals surface area contributed by atoms with Gasteiger partial charge in [-0.05, 0) is 44.6 Å². The predicted molar refractivity (Wildman–Crippen MR) is 99.6 cm³/mol. The molecule has 1 N–H and O–H groups in total. The third kappa shape index (κ3) is 2.89. The fourth-order valence-electron chi connectivity index (χ4n) is 3.67. The van der Waals surface area contributed by atoms with Crippen LogP contribution in [0, 0.1) is 12.8 Å². The van der Waals surface area contributed by atoms with Crippen molar-refractivity contribution in [2.75, 3.05) is 0 Å². The number of aromatic nitrogens is 5. The Morgan fingerprint density at radius 3 is 2.77 bits per heavy atom. The summed E-state index contributed by atoms with van der Waals surface area (Å²) in [6.45, 7) is 2.46. The molecule has 26 heavy (non-hydrogen) atoms. The van der Waals surface area contributed by atoms with Gasteiger partial charge >= 0.3 is 0 Å². The summed E-state index contributed by atoms with van der Waals surface area (Å²) in [6, 6.07) is 3.18. The van der Waals surface area contributed by atoms with Crippen molar-refractivity contribution in [1.82, 2.24) is 24.3 Å². The number of aromatic amines is 1. The van der Waals surface area contributed by atoms with Crippen molar-refractivity contribution < 1.29 is 0 Å². The third-order valence-electron chi connectivity index (χ3n) is 5.11. The highest BCUT2D eigenvalue weighted by atomic mass is 16.1. The number of hydrogen-bond donors (Lipinski definition) is 1. The topological polar surface area (TPSA) is 85.6 Å². The number of hydrogen-bond acceptors (Lipinski definition) is 4. The van der Waals surface area contributed by atoms with E-state index in [1.54, 1.807) is 23.0 Å². The lowest BCUT2D eigenvalue weighted by molar-refractivity contribution is 0.409. The molecule has 1 unspecified atom stereocenters. The Balaban J connectivity index is 1.73. The second-order valence-electron chi connectivity index (χ2n) is 6.75. The van der Waals surface area contributed by atoms with E-state index in [4.69, 9.17) is 0 Å². The van der Waals surface area contributed by atoms with Crippen LogP contribution >= 0.6 is 0 Å². The lowest BCUT2D eigenvalue weighted by atomic mass is 9.91. The third-order valence-corrected chi connectivity index (χ3v) is 5.11. The van der Waals surface area contributed by atoms with Gasteiger partial charge in [-0.3, -0.25) is 14.7 Å². The summed E-state index contributed by atoms with van der Waals surface area (Å²) in [5, 5.41) is 3.47. The van der Waals surface area contributed by atoms with Crippen LogP contribution in [0.25, 0.3) is 16.9 Å². The fourth-order valence-corrected chi connectivity index (χ4v) is 3.67. The molecule has 1 aliphatic rings. The molecule has 3 aromatic rings. The number of aryl methyl sites for hydroxylation is 1. The van der Waals surface area contributed by atoms with E-state index in [0.29, 0.717) is 29.1 Å². The molecular weight excluding hydrogens is 330 g/mol. The molecule has 1 atom stereocenters. The highest BCUT2D eigenvalue weighted by Crippen LogP contribution is 2.22. The summed E-state index contributed by atoms with van der Waals surface area (Å²) in [5.74, 6) is 0.865. The Morgan fingerprint density at radius 2 is 2.04 bits per heavy atom. The molecule has 0 bridgehead atoms. The van der Waals surface area contributed by atoms with Gasteiger partial charge in [0.15, 0.2) is 0 Å². The van der Waals surface area contributed by atoms with Crippen LogP contribution in [0.4, 0.5) is 0 Å². The van der Waals surface area contributed by atoms with Gasteiger partial charge in [-0.25, -0.2) is 9.97 Å². The van der Waals surface area contributed by atoms with Gasteiger partial charge in [-0.1, -0.05) is 12.2 Å². The van der Waals surface area contributed by atoms with E-state index in [-0.39, 0.29) is 17.1 Å². The van der Waals surface area contributed by atoms with Crippen molar-refractivity contribution in [3.8, 4) is 5.95 Å².